The summed E-state index contributed by atoms with van der Waals surface area (Å²) < 4.78 is 52.1. The fraction of sp³-hybridized carbons (Fsp3) is 0.524. The summed E-state index contributed by atoms with van der Waals surface area (Å²) in [5, 5.41) is 9.82. The lowest BCUT2D eigenvalue weighted by atomic mass is 9.95. The van der Waals surface area contributed by atoms with E-state index in [0.29, 0.717) is 25.0 Å². The number of carbonyl (C=O) groups is 2. The molecule has 0 spiro atoms. The molecule has 0 saturated heterocycles. The number of hydrogen-bond donors (Lipinski definition) is 1. The first kappa shape index (κ1) is 40.6. The molecule has 0 aliphatic heterocycles. The minimum atomic E-state index is -4.70. The van der Waals surface area contributed by atoms with Crippen LogP contribution in [0.5, 0.6) is 5.75 Å². The second-order valence-electron chi connectivity index (χ2n) is 13.2. The van der Waals surface area contributed by atoms with Crippen molar-refractivity contribution < 1.29 is 37.3 Å². The molecule has 0 fully saturated rings. The van der Waals surface area contributed by atoms with Crippen molar-refractivity contribution in [2.45, 2.75) is 135 Å². The largest absolute Gasteiger partial charge is 0.494 e. The summed E-state index contributed by atoms with van der Waals surface area (Å²) in [6.45, 7) is 4.99. The summed E-state index contributed by atoms with van der Waals surface area (Å²) in [6.07, 6.45) is 10.3. The van der Waals surface area contributed by atoms with Crippen molar-refractivity contribution in [3.63, 3.8) is 0 Å². The first-order chi connectivity index (χ1) is 24.1. The summed E-state index contributed by atoms with van der Waals surface area (Å²) in [5.41, 5.74) is 2.36. The van der Waals surface area contributed by atoms with E-state index in [1.807, 2.05) is 36.4 Å². The second kappa shape index (κ2) is 22.1. The minimum Gasteiger partial charge on any atom is -0.494 e. The molecule has 1 atom stereocenters. The van der Waals surface area contributed by atoms with Gasteiger partial charge in [-0.05, 0) is 71.8 Å². The van der Waals surface area contributed by atoms with Crippen LogP contribution >= 0.6 is 0 Å². The number of halogens is 3. The maximum Gasteiger partial charge on any atom is 0.425 e. The van der Waals surface area contributed by atoms with Crippen molar-refractivity contribution in [3.8, 4) is 28.0 Å². The molecule has 50 heavy (non-hydrogen) atoms. The lowest BCUT2D eigenvalue weighted by Gasteiger charge is -2.21. The van der Waals surface area contributed by atoms with E-state index in [1.54, 1.807) is 12.1 Å². The second-order valence-corrected chi connectivity index (χ2v) is 13.2. The Kier molecular flexibility index (Phi) is 18.0. The van der Waals surface area contributed by atoms with E-state index < -0.39 is 24.2 Å². The van der Waals surface area contributed by atoms with Gasteiger partial charge in [-0.2, -0.15) is 13.2 Å². The Morgan fingerprint density at radius 2 is 1.12 bits per heavy atom. The highest BCUT2D eigenvalue weighted by atomic mass is 19.4. The standard InChI is InChI=1S/C42H55F3O5/c1-3-5-7-9-11-12-13-14-16-18-30-49-36-27-24-33(25-28-36)32-20-22-34(23-21-32)38-31-35(26-29-37(38)40(46)47)41(48)50-39(42(43,44)45)19-17-15-10-8-6-4-2/h20-29,31,39H,3-19,30H2,1-2H3,(H,46,47). The number of alkyl halides is 3. The maximum absolute atomic E-state index is 13.7. The molecule has 0 amide bonds. The zero-order valence-electron chi connectivity index (χ0n) is 29.9. The highest BCUT2D eigenvalue weighted by molar-refractivity contribution is 5.99. The van der Waals surface area contributed by atoms with Gasteiger partial charge in [-0.1, -0.05) is 140 Å². The topological polar surface area (TPSA) is 72.8 Å². The summed E-state index contributed by atoms with van der Waals surface area (Å²) in [6, 6.07) is 18.6. The third-order valence-electron chi connectivity index (χ3n) is 9.07. The lowest BCUT2D eigenvalue weighted by Crippen LogP contribution is -2.34. The van der Waals surface area contributed by atoms with Crippen LogP contribution in [0.3, 0.4) is 0 Å². The van der Waals surface area contributed by atoms with Crippen LogP contribution in [0.2, 0.25) is 0 Å². The highest BCUT2D eigenvalue weighted by Crippen LogP contribution is 2.32. The van der Waals surface area contributed by atoms with Gasteiger partial charge in [-0.15, -0.1) is 0 Å². The summed E-state index contributed by atoms with van der Waals surface area (Å²) in [4.78, 5) is 24.9. The fourth-order valence-electron chi connectivity index (χ4n) is 6.06. The Hall–Kier alpha value is -3.81. The van der Waals surface area contributed by atoms with Gasteiger partial charge in [-0.3, -0.25) is 0 Å². The van der Waals surface area contributed by atoms with E-state index >= 15 is 0 Å². The van der Waals surface area contributed by atoms with Gasteiger partial charge < -0.3 is 14.6 Å². The number of carboxylic acid groups (broad SMARTS) is 1. The Morgan fingerprint density at radius 3 is 1.64 bits per heavy atom. The molecule has 0 bridgehead atoms. The number of hydrogen-bond acceptors (Lipinski definition) is 4. The van der Waals surface area contributed by atoms with Crippen LogP contribution in [-0.2, 0) is 4.74 Å². The highest BCUT2D eigenvalue weighted by Gasteiger charge is 2.42. The van der Waals surface area contributed by atoms with Crippen molar-refractivity contribution in [2.24, 2.45) is 0 Å². The number of aromatic carboxylic acids is 1. The van der Waals surface area contributed by atoms with E-state index in [-0.39, 0.29) is 23.1 Å². The first-order valence-corrected chi connectivity index (χ1v) is 18.6. The molecule has 3 rings (SSSR count). The molecule has 0 aliphatic carbocycles. The molecular formula is C42H55F3O5. The Bertz CT molecular complexity index is 1420. The third kappa shape index (κ3) is 14.2. The Morgan fingerprint density at radius 1 is 0.640 bits per heavy atom. The average molecular weight is 697 g/mol. The van der Waals surface area contributed by atoms with Gasteiger partial charge in [0.25, 0.3) is 0 Å². The molecule has 3 aromatic rings. The van der Waals surface area contributed by atoms with Crippen molar-refractivity contribution in [1.29, 1.82) is 0 Å². The van der Waals surface area contributed by atoms with Crippen LogP contribution in [0.15, 0.2) is 66.7 Å². The van der Waals surface area contributed by atoms with Gasteiger partial charge in [0.15, 0.2) is 6.10 Å². The van der Waals surface area contributed by atoms with Gasteiger partial charge in [0.1, 0.15) is 5.75 Å². The molecule has 0 radical (unpaired) electrons. The number of carbonyl (C=O) groups excluding carboxylic acids is 1. The molecule has 3 aromatic carbocycles. The summed E-state index contributed by atoms with van der Waals surface area (Å²) in [5.74, 6) is -1.55. The van der Waals surface area contributed by atoms with E-state index in [2.05, 4.69) is 13.8 Å². The minimum absolute atomic E-state index is 0.0716. The molecule has 0 aromatic heterocycles. The molecule has 0 aliphatic rings. The predicted molar refractivity (Wildman–Crippen MR) is 195 cm³/mol. The van der Waals surface area contributed by atoms with E-state index in [0.717, 1.165) is 49.0 Å². The number of unbranched alkanes of at least 4 members (excludes halogenated alkanes) is 14. The number of ether oxygens (including phenoxy) is 2. The molecule has 8 heteroatoms. The van der Waals surface area contributed by atoms with Gasteiger partial charge in [0.05, 0.1) is 17.7 Å². The van der Waals surface area contributed by atoms with Gasteiger partial charge >= 0.3 is 18.1 Å². The van der Waals surface area contributed by atoms with Crippen molar-refractivity contribution in [2.75, 3.05) is 6.61 Å². The monoisotopic (exact) mass is 696 g/mol. The first-order valence-electron chi connectivity index (χ1n) is 18.6. The third-order valence-corrected chi connectivity index (χ3v) is 9.07. The van der Waals surface area contributed by atoms with Crippen LogP contribution in [0.25, 0.3) is 22.3 Å². The van der Waals surface area contributed by atoms with Crippen molar-refractivity contribution >= 4 is 11.9 Å². The Labute approximate surface area is 296 Å². The van der Waals surface area contributed by atoms with Crippen LogP contribution in [0.4, 0.5) is 13.2 Å². The van der Waals surface area contributed by atoms with E-state index in [4.69, 9.17) is 9.47 Å². The molecule has 274 valence electrons. The van der Waals surface area contributed by atoms with Crippen LogP contribution < -0.4 is 4.74 Å². The zero-order chi connectivity index (χ0) is 36.2. The zero-order valence-corrected chi connectivity index (χ0v) is 29.9. The van der Waals surface area contributed by atoms with Crippen LogP contribution in [0, 0.1) is 0 Å². The number of rotatable bonds is 24. The summed E-state index contributed by atoms with van der Waals surface area (Å²) >= 11 is 0. The van der Waals surface area contributed by atoms with Crippen LogP contribution in [0.1, 0.15) is 144 Å². The predicted octanol–water partition coefficient (Wildman–Crippen LogP) is 12.9. The molecule has 0 heterocycles. The van der Waals surface area contributed by atoms with Gasteiger partial charge in [-0.25, -0.2) is 9.59 Å². The molecule has 1 N–H and O–H groups in total. The SMILES string of the molecule is CCCCCCCCCCCCOc1ccc(-c2ccc(-c3cc(C(=O)OC(CCCCCCCC)C(F)(F)F)ccc3C(=O)O)cc2)cc1. The maximum atomic E-state index is 13.7. The number of esters is 1. The van der Waals surface area contributed by atoms with Crippen molar-refractivity contribution in [1.82, 2.24) is 0 Å². The van der Waals surface area contributed by atoms with Crippen LogP contribution in [-0.4, -0.2) is 35.9 Å². The molecule has 1 unspecified atom stereocenters. The van der Waals surface area contributed by atoms with E-state index in [9.17, 15) is 27.9 Å². The normalized spacial score (nSPS) is 12.1. The number of carboxylic acids is 1. The number of benzene rings is 3. The van der Waals surface area contributed by atoms with Crippen molar-refractivity contribution in [3.05, 3.63) is 77.9 Å². The fourth-order valence-corrected chi connectivity index (χ4v) is 6.06. The Balaban J connectivity index is 1.57. The quantitative estimate of drug-likeness (QED) is 0.0745. The average Bonchev–Trinajstić information content (AvgIpc) is 3.11. The summed E-state index contributed by atoms with van der Waals surface area (Å²) in [7, 11) is 0. The molecule has 0 saturated carbocycles. The van der Waals surface area contributed by atoms with Gasteiger partial charge in [0.2, 0.25) is 0 Å². The van der Waals surface area contributed by atoms with E-state index in [1.165, 1.54) is 76.0 Å². The smallest absolute Gasteiger partial charge is 0.425 e. The molecule has 5 nitrogen and oxygen atoms in total. The molecular weight excluding hydrogens is 641 g/mol. The van der Waals surface area contributed by atoms with Gasteiger partial charge in [0, 0.05) is 0 Å². The lowest BCUT2D eigenvalue weighted by molar-refractivity contribution is -0.206.